The summed E-state index contributed by atoms with van der Waals surface area (Å²) < 4.78 is 5.27. The molecular formula is C24H29N3O4. The number of rotatable bonds is 10. The molecule has 1 amide bonds. The molecule has 0 bridgehead atoms. The Morgan fingerprint density at radius 2 is 1.81 bits per heavy atom. The van der Waals surface area contributed by atoms with E-state index in [0.29, 0.717) is 29.1 Å². The van der Waals surface area contributed by atoms with E-state index in [1.165, 1.54) is 0 Å². The summed E-state index contributed by atoms with van der Waals surface area (Å²) in [5.74, 6) is -0.289. The first-order valence-electron chi connectivity index (χ1n) is 10.9. The van der Waals surface area contributed by atoms with Crippen molar-refractivity contribution in [2.24, 2.45) is 0 Å². The van der Waals surface area contributed by atoms with E-state index in [0.717, 1.165) is 45.2 Å². The van der Waals surface area contributed by atoms with E-state index >= 15 is 0 Å². The quantitative estimate of drug-likeness (QED) is 0.349. The van der Waals surface area contributed by atoms with Gasteiger partial charge in [0.25, 0.3) is 0 Å². The number of nitrogens with one attached hydrogen (secondary N) is 1. The minimum atomic E-state index is -0.556. The monoisotopic (exact) mass is 423 g/mol. The van der Waals surface area contributed by atoms with Crippen molar-refractivity contribution < 1.29 is 19.1 Å². The SMILES string of the molecule is CCCCCC(=O)Nc1ccc(C(=O)COC(=O)c2cccnc2N2CCCC2)cc1. The lowest BCUT2D eigenvalue weighted by molar-refractivity contribution is -0.116. The van der Waals surface area contributed by atoms with E-state index in [1.807, 2.05) is 0 Å². The molecule has 2 aromatic rings. The Morgan fingerprint density at radius 1 is 1.06 bits per heavy atom. The Balaban J connectivity index is 1.53. The summed E-state index contributed by atoms with van der Waals surface area (Å²) >= 11 is 0. The van der Waals surface area contributed by atoms with E-state index in [1.54, 1.807) is 42.6 Å². The van der Waals surface area contributed by atoms with Crippen LogP contribution in [0.25, 0.3) is 0 Å². The summed E-state index contributed by atoms with van der Waals surface area (Å²) in [6.45, 7) is 3.46. The van der Waals surface area contributed by atoms with Crippen molar-refractivity contribution in [2.75, 3.05) is 29.9 Å². The molecule has 1 saturated heterocycles. The van der Waals surface area contributed by atoms with Gasteiger partial charge in [0.15, 0.2) is 12.4 Å². The molecule has 3 rings (SSSR count). The van der Waals surface area contributed by atoms with Gasteiger partial charge in [-0.1, -0.05) is 19.8 Å². The second-order valence-corrected chi connectivity index (χ2v) is 7.65. The normalized spacial score (nSPS) is 13.1. The maximum atomic E-state index is 12.6. The van der Waals surface area contributed by atoms with Crippen molar-refractivity contribution in [2.45, 2.75) is 45.4 Å². The Bertz CT molecular complexity index is 905. The van der Waals surface area contributed by atoms with Crippen LogP contribution in [0.5, 0.6) is 0 Å². The van der Waals surface area contributed by atoms with Crippen LogP contribution in [0.1, 0.15) is 66.2 Å². The van der Waals surface area contributed by atoms with Crippen LogP contribution in [-0.2, 0) is 9.53 Å². The molecule has 2 heterocycles. The molecule has 0 unspecified atom stereocenters. The number of carbonyl (C=O) groups is 3. The van der Waals surface area contributed by atoms with Crippen molar-refractivity contribution >= 4 is 29.2 Å². The highest BCUT2D eigenvalue weighted by Gasteiger charge is 2.22. The van der Waals surface area contributed by atoms with E-state index in [2.05, 4.69) is 22.1 Å². The van der Waals surface area contributed by atoms with Crippen LogP contribution < -0.4 is 10.2 Å². The number of Topliss-reactive ketones (excluding diaryl/α,β-unsaturated/α-hetero) is 1. The molecule has 164 valence electrons. The molecule has 1 N–H and O–H groups in total. The molecule has 0 radical (unpaired) electrons. The first-order valence-corrected chi connectivity index (χ1v) is 10.9. The number of benzene rings is 1. The number of anilines is 2. The topological polar surface area (TPSA) is 88.6 Å². The van der Waals surface area contributed by atoms with Gasteiger partial charge in [0.2, 0.25) is 5.91 Å². The third-order valence-electron chi connectivity index (χ3n) is 5.24. The van der Waals surface area contributed by atoms with Crippen LogP contribution in [-0.4, -0.2) is 42.3 Å². The summed E-state index contributed by atoms with van der Waals surface area (Å²) in [5, 5.41) is 2.82. The fourth-order valence-electron chi connectivity index (χ4n) is 3.53. The van der Waals surface area contributed by atoms with Crippen LogP contribution >= 0.6 is 0 Å². The standard InChI is InChI=1S/C24H29N3O4/c1-2-3-4-9-22(29)26-19-12-10-18(11-13-19)21(28)17-31-24(30)20-8-7-14-25-23(20)27-15-5-6-16-27/h7-8,10-14H,2-6,9,15-17H2,1H3,(H,26,29). The lowest BCUT2D eigenvalue weighted by Crippen LogP contribution is -2.23. The fourth-order valence-corrected chi connectivity index (χ4v) is 3.53. The summed E-state index contributed by atoms with van der Waals surface area (Å²) in [6, 6.07) is 9.96. The zero-order valence-corrected chi connectivity index (χ0v) is 17.9. The minimum Gasteiger partial charge on any atom is -0.454 e. The lowest BCUT2D eigenvalue weighted by Gasteiger charge is -2.18. The van der Waals surface area contributed by atoms with Crippen molar-refractivity contribution in [3.63, 3.8) is 0 Å². The largest absolute Gasteiger partial charge is 0.454 e. The highest BCUT2D eigenvalue weighted by atomic mass is 16.5. The molecule has 1 aliphatic heterocycles. The Labute approximate surface area is 182 Å². The zero-order valence-electron chi connectivity index (χ0n) is 17.9. The minimum absolute atomic E-state index is 0.0354. The van der Waals surface area contributed by atoms with Crippen LogP contribution in [0, 0.1) is 0 Å². The smallest absolute Gasteiger partial charge is 0.342 e. The molecule has 7 heteroatoms. The van der Waals surface area contributed by atoms with Crippen LogP contribution in [0.3, 0.4) is 0 Å². The molecule has 31 heavy (non-hydrogen) atoms. The number of aromatic nitrogens is 1. The third kappa shape index (κ3) is 6.38. The second-order valence-electron chi connectivity index (χ2n) is 7.65. The summed E-state index contributed by atoms with van der Waals surface area (Å²) in [7, 11) is 0. The lowest BCUT2D eigenvalue weighted by atomic mass is 10.1. The van der Waals surface area contributed by atoms with Crippen molar-refractivity contribution in [1.82, 2.24) is 4.98 Å². The van der Waals surface area contributed by atoms with Crippen molar-refractivity contribution in [1.29, 1.82) is 0 Å². The molecule has 1 aromatic heterocycles. The number of nitrogens with zero attached hydrogens (tertiary/aromatic N) is 2. The van der Waals surface area contributed by atoms with Gasteiger partial charge in [-0.05, 0) is 55.7 Å². The Morgan fingerprint density at radius 3 is 2.52 bits per heavy atom. The number of pyridine rings is 1. The second kappa shape index (κ2) is 11.2. The first-order chi connectivity index (χ1) is 15.1. The molecule has 1 aliphatic rings. The maximum absolute atomic E-state index is 12.6. The Kier molecular flexibility index (Phi) is 8.15. The number of amides is 1. The van der Waals surface area contributed by atoms with Crippen LogP contribution in [0.15, 0.2) is 42.6 Å². The van der Waals surface area contributed by atoms with E-state index in [-0.39, 0.29) is 18.3 Å². The van der Waals surface area contributed by atoms with Gasteiger partial charge in [-0.25, -0.2) is 9.78 Å². The number of carbonyl (C=O) groups excluding carboxylic acids is 3. The predicted octanol–water partition coefficient (Wildman–Crippen LogP) is 4.24. The average molecular weight is 424 g/mol. The fraction of sp³-hybridized carbons (Fsp3) is 0.417. The molecule has 1 fully saturated rings. The maximum Gasteiger partial charge on any atom is 0.342 e. The zero-order chi connectivity index (χ0) is 22.1. The van der Waals surface area contributed by atoms with Gasteiger partial charge in [-0.2, -0.15) is 0 Å². The van der Waals surface area contributed by atoms with Gasteiger partial charge in [-0.3, -0.25) is 9.59 Å². The molecule has 0 aliphatic carbocycles. The number of hydrogen-bond donors (Lipinski definition) is 1. The van der Waals surface area contributed by atoms with Crippen molar-refractivity contribution in [3.8, 4) is 0 Å². The highest BCUT2D eigenvalue weighted by Crippen LogP contribution is 2.22. The van der Waals surface area contributed by atoms with Gasteiger partial charge in [0.1, 0.15) is 11.4 Å². The molecule has 0 spiro atoms. The molecule has 0 atom stereocenters. The Hall–Kier alpha value is -3.22. The summed E-state index contributed by atoms with van der Waals surface area (Å²) in [6.07, 6.45) is 7.23. The molecule has 1 aromatic carbocycles. The molecular weight excluding hydrogens is 394 g/mol. The number of unbranched alkanes of at least 4 members (excludes halogenated alkanes) is 2. The highest BCUT2D eigenvalue weighted by molar-refractivity contribution is 6.01. The predicted molar refractivity (Wildman–Crippen MR) is 120 cm³/mol. The molecule has 7 nitrogen and oxygen atoms in total. The van der Waals surface area contributed by atoms with Gasteiger partial charge in [0, 0.05) is 37.0 Å². The third-order valence-corrected chi connectivity index (χ3v) is 5.24. The van der Waals surface area contributed by atoms with Gasteiger partial charge in [0.05, 0.1) is 0 Å². The number of hydrogen-bond acceptors (Lipinski definition) is 6. The first kappa shape index (κ1) is 22.5. The van der Waals surface area contributed by atoms with Gasteiger partial charge < -0.3 is 15.0 Å². The van der Waals surface area contributed by atoms with Gasteiger partial charge in [-0.15, -0.1) is 0 Å². The van der Waals surface area contributed by atoms with Crippen molar-refractivity contribution in [3.05, 3.63) is 53.7 Å². The number of ketones is 1. The van der Waals surface area contributed by atoms with E-state index < -0.39 is 5.97 Å². The molecule has 0 saturated carbocycles. The van der Waals surface area contributed by atoms with Crippen LogP contribution in [0.4, 0.5) is 11.5 Å². The van der Waals surface area contributed by atoms with Gasteiger partial charge >= 0.3 is 5.97 Å². The summed E-state index contributed by atoms with van der Waals surface area (Å²) in [5.41, 5.74) is 1.43. The average Bonchev–Trinajstić information content (AvgIpc) is 3.33. The number of esters is 1. The van der Waals surface area contributed by atoms with Crippen LogP contribution in [0.2, 0.25) is 0 Å². The number of ether oxygens (including phenoxy) is 1. The van der Waals surface area contributed by atoms with E-state index in [9.17, 15) is 14.4 Å². The van der Waals surface area contributed by atoms with E-state index in [4.69, 9.17) is 4.74 Å². The summed E-state index contributed by atoms with van der Waals surface area (Å²) in [4.78, 5) is 43.3.